The Labute approximate surface area is 110 Å². The van der Waals surface area contributed by atoms with Crippen molar-refractivity contribution in [3.8, 4) is 5.75 Å². The number of ether oxygens (including phenoxy) is 1. The highest BCUT2D eigenvalue weighted by molar-refractivity contribution is 9.10. The maximum atomic E-state index is 6.45. The number of alkyl halides is 1. The quantitative estimate of drug-likeness (QED) is 0.682. The zero-order valence-electron chi connectivity index (χ0n) is 10.0. The fraction of sp³-hybridized carbons (Fsp3) is 0.538. The molecule has 16 heavy (non-hydrogen) atoms. The van der Waals surface area contributed by atoms with Crippen LogP contribution < -0.4 is 4.74 Å². The van der Waals surface area contributed by atoms with Crippen molar-refractivity contribution < 1.29 is 4.74 Å². The summed E-state index contributed by atoms with van der Waals surface area (Å²) in [6.07, 6.45) is 0.961. The SMILES string of the molecule is COc1cc(C)c(Br)c2c1C(C)(C)CC2Cl. The minimum Gasteiger partial charge on any atom is -0.496 e. The lowest BCUT2D eigenvalue weighted by Crippen LogP contribution is -2.13. The molecular weight excluding hydrogens is 287 g/mol. The number of hydrogen-bond acceptors (Lipinski definition) is 1. The van der Waals surface area contributed by atoms with Crippen LogP contribution in [-0.2, 0) is 5.41 Å². The average Bonchev–Trinajstić information content (AvgIpc) is 2.43. The van der Waals surface area contributed by atoms with Gasteiger partial charge in [0.15, 0.2) is 0 Å². The van der Waals surface area contributed by atoms with Crippen LogP contribution >= 0.6 is 27.5 Å². The smallest absolute Gasteiger partial charge is 0.123 e. The molecule has 88 valence electrons. The molecule has 0 spiro atoms. The number of hydrogen-bond donors (Lipinski definition) is 0. The van der Waals surface area contributed by atoms with Crippen molar-refractivity contribution in [3.05, 3.63) is 27.2 Å². The monoisotopic (exact) mass is 302 g/mol. The lowest BCUT2D eigenvalue weighted by atomic mass is 9.85. The predicted molar refractivity (Wildman–Crippen MR) is 71.7 cm³/mol. The van der Waals surface area contributed by atoms with E-state index in [0.717, 1.165) is 16.6 Å². The van der Waals surface area contributed by atoms with Gasteiger partial charge in [0.05, 0.1) is 12.5 Å². The lowest BCUT2D eigenvalue weighted by molar-refractivity contribution is 0.394. The van der Waals surface area contributed by atoms with Crippen molar-refractivity contribution in [1.82, 2.24) is 0 Å². The summed E-state index contributed by atoms with van der Waals surface area (Å²) in [7, 11) is 1.72. The lowest BCUT2D eigenvalue weighted by Gasteiger charge is -2.22. The van der Waals surface area contributed by atoms with E-state index >= 15 is 0 Å². The highest BCUT2D eigenvalue weighted by atomic mass is 79.9. The second-order valence-electron chi connectivity index (χ2n) is 5.05. The Balaban J connectivity index is 2.77. The van der Waals surface area contributed by atoms with E-state index in [0.29, 0.717) is 0 Å². The first-order valence-corrected chi connectivity index (χ1v) is 6.63. The summed E-state index contributed by atoms with van der Waals surface area (Å²) in [6, 6.07) is 2.08. The summed E-state index contributed by atoms with van der Waals surface area (Å²) < 4.78 is 6.63. The number of aryl methyl sites for hydroxylation is 1. The van der Waals surface area contributed by atoms with Crippen LogP contribution in [0.3, 0.4) is 0 Å². The van der Waals surface area contributed by atoms with Crippen LogP contribution in [0.2, 0.25) is 0 Å². The van der Waals surface area contributed by atoms with Gasteiger partial charge >= 0.3 is 0 Å². The molecule has 0 N–H and O–H groups in total. The molecule has 1 nitrogen and oxygen atoms in total. The van der Waals surface area contributed by atoms with E-state index in [-0.39, 0.29) is 10.8 Å². The number of methoxy groups -OCH3 is 1. The molecule has 1 aromatic rings. The average molecular weight is 304 g/mol. The first-order valence-electron chi connectivity index (χ1n) is 5.40. The van der Waals surface area contributed by atoms with Crippen LogP contribution in [0.4, 0.5) is 0 Å². The van der Waals surface area contributed by atoms with Crippen molar-refractivity contribution >= 4 is 27.5 Å². The van der Waals surface area contributed by atoms with Crippen LogP contribution in [-0.4, -0.2) is 7.11 Å². The highest BCUT2D eigenvalue weighted by Gasteiger charge is 2.40. The van der Waals surface area contributed by atoms with Gasteiger partial charge in [0.25, 0.3) is 0 Å². The number of fused-ring (bicyclic) bond motifs is 1. The Kier molecular flexibility index (Phi) is 3.00. The van der Waals surface area contributed by atoms with Crippen LogP contribution in [0.25, 0.3) is 0 Å². The number of benzene rings is 1. The molecule has 1 aliphatic rings. The third-order valence-electron chi connectivity index (χ3n) is 3.35. The molecule has 0 amide bonds. The predicted octanol–water partition coefficient (Wildman–Crippen LogP) is 4.73. The van der Waals surface area contributed by atoms with Crippen molar-refractivity contribution in [2.45, 2.75) is 38.0 Å². The topological polar surface area (TPSA) is 9.23 Å². The molecule has 1 aromatic carbocycles. The molecule has 0 aromatic heterocycles. The van der Waals surface area contributed by atoms with Crippen LogP contribution in [0, 0.1) is 6.92 Å². The molecule has 3 heteroatoms. The van der Waals surface area contributed by atoms with Gasteiger partial charge in [-0.05, 0) is 36.0 Å². The Bertz CT molecular complexity index is 440. The van der Waals surface area contributed by atoms with Gasteiger partial charge in [0, 0.05) is 10.0 Å². The van der Waals surface area contributed by atoms with E-state index in [2.05, 4.69) is 42.8 Å². The molecule has 0 heterocycles. The molecule has 0 saturated heterocycles. The summed E-state index contributed by atoms with van der Waals surface area (Å²) in [5.74, 6) is 0.962. The molecule has 1 atom stereocenters. The van der Waals surface area contributed by atoms with Crippen LogP contribution in [0.5, 0.6) is 5.75 Å². The zero-order valence-corrected chi connectivity index (χ0v) is 12.4. The van der Waals surface area contributed by atoms with Crippen molar-refractivity contribution in [2.75, 3.05) is 7.11 Å². The minimum atomic E-state index is 0.0770. The van der Waals surface area contributed by atoms with Crippen molar-refractivity contribution in [1.29, 1.82) is 0 Å². The maximum absolute atomic E-state index is 6.45. The van der Waals surface area contributed by atoms with Crippen molar-refractivity contribution in [3.63, 3.8) is 0 Å². The maximum Gasteiger partial charge on any atom is 0.123 e. The second-order valence-corrected chi connectivity index (χ2v) is 6.37. The third-order valence-corrected chi connectivity index (χ3v) is 4.77. The number of rotatable bonds is 1. The third kappa shape index (κ3) is 1.67. The molecule has 0 aliphatic heterocycles. The van der Waals surface area contributed by atoms with E-state index in [9.17, 15) is 0 Å². The van der Waals surface area contributed by atoms with E-state index in [1.54, 1.807) is 7.11 Å². The highest BCUT2D eigenvalue weighted by Crippen LogP contribution is 2.54. The van der Waals surface area contributed by atoms with Gasteiger partial charge in [-0.25, -0.2) is 0 Å². The molecular formula is C13H16BrClO. The Hall–Kier alpha value is -0.210. The van der Waals surface area contributed by atoms with Gasteiger partial charge in [-0.1, -0.05) is 29.8 Å². The van der Waals surface area contributed by atoms with Crippen LogP contribution in [0.1, 0.15) is 42.3 Å². The van der Waals surface area contributed by atoms with E-state index in [1.165, 1.54) is 16.7 Å². The van der Waals surface area contributed by atoms with Gasteiger partial charge in [-0.15, -0.1) is 11.6 Å². The van der Waals surface area contributed by atoms with E-state index < -0.39 is 0 Å². The van der Waals surface area contributed by atoms with Gasteiger partial charge in [-0.3, -0.25) is 0 Å². The zero-order chi connectivity index (χ0) is 12.1. The summed E-state index contributed by atoms with van der Waals surface area (Å²) in [4.78, 5) is 0. The molecule has 0 saturated carbocycles. The van der Waals surface area contributed by atoms with Gasteiger partial charge in [0.1, 0.15) is 5.75 Å². The summed E-state index contributed by atoms with van der Waals surface area (Å²) in [5, 5.41) is 0.0770. The number of halogens is 2. The van der Waals surface area contributed by atoms with E-state index in [4.69, 9.17) is 16.3 Å². The molecule has 1 unspecified atom stereocenters. The fourth-order valence-electron chi connectivity index (χ4n) is 2.59. The molecule has 2 rings (SSSR count). The molecule has 1 aliphatic carbocycles. The summed E-state index contributed by atoms with van der Waals surface area (Å²) >= 11 is 10.1. The fourth-order valence-corrected chi connectivity index (χ4v) is 3.92. The Morgan fingerprint density at radius 3 is 2.69 bits per heavy atom. The molecule has 0 radical (unpaired) electrons. The van der Waals surface area contributed by atoms with E-state index in [1.807, 2.05) is 0 Å². The Morgan fingerprint density at radius 2 is 2.12 bits per heavy atom. The second kappa shape index (κ2) is 3.92. The minimum absolute atomic E-state index is 0.0770. The largest absolute Gasteiger partial charge is 0.496 e. The normalized spacial score (nSPS) is 22.0. The van der Waals surface area contributed by atoms with Crippen molar-refractivity contribution in [2.24, 2.45) is 0 Å². The Morgan fingerprint density at radius 1 is 1.50 bits per heavy atom. The summed E-state index contributed by atoms with van der Waals surface area (Å²) in [6.45, 7) is 6.51. The standard InChI is InChI=1S/C13H16BrClO/c1-7-5-9(16-4)11-10(12(7)14)8(15)6-13(11,2)3/h5,8H,6H2,1-4H3. The van der Waals surface area contributed by atoms with Gasteiger partial charge in [0.2, 0.25) is 0 Å². The van der Waals surface area contributed by atoms with Crippen LogP contribution in [0.15, 0.2) is 10.5 Å². The van der Waals surface area contributed by atoms with Gasteiger partial charge < -0.3 is 4.74 Å². The summed E-state index contributed by atoms with van der Waals surface area (Å²) in [5.41, 5.74) is 3.73. The first kappa shape index (κ1) is 12.3. The first-order chi connectivity index (χ1) is 7.38. The van der Waals surface area contributed by atoms with Gasteiger partial charge in [-0.2, -0.15) is 0 Å². The molecule has 0 fully saturated rings. The molecule has 0 bridgehead atoms.